The van der Waals surface area contributed by atoms with Crippen molar-refractivity contribution in [3.8, 4) is 5.88 Å². The highest BCUT2D eigenvalue weighted by molar-refractivity contribution is 7.99. The highest BCUT2D eigenvalue weighted by atomic mass is 32.2. The first-order valence-corrected chi connectivity index (χ1v) is 9.06. The smallest absolute Gasteiger partial charge is 0.214 e. The molecular formula is C19H21N3O3S. The Bertz CT molecular complexity index is 843. The molecule has 7 heteroatoms. The number of hydrogen-bond donors (Lipinski definition) is 1. The number of ether oxygens (including phenoxy) is 3. The van der Waals surface area contributed by atoms with E-state index < -0.39 is 0 Å². The summed E-state index contributed by atoms with van der Waals surface area (Å²) in [7, 11) is 1.65. The van der Waals surface area contributed by atoms with Crippen LogP contribution in [-0.2, 0) is 9.47 Å². The van der Waals surface area contributed by atoms with Crippen LogP contribution in [0.25, 0.3) is 11.0 Å². The van der Waals surface area contributed by atoms with Crippen LogP contribution in [0.1, 0.15) is 0 Å². The summed E-state index contributed by atoms with van der Waals surface area (Å²) in [6, 6.07) is 13.4. The van der Waals surface area contributed by atoms with Gasteiger partial charge in [0.2, 0.25) is 5.88 Å². The lowest BCUT2D eigenvalue weighted by Gasteiger charge is -2.09. The number of hydrogen-bond acceptors (Lipinski definition) is 7. The first-order chi connectivity index (χ1) is 12.8. The Labute approximate surface area is 156 Å². The van der Waals surface area contributed by atoms with Crippen LogP contribution in [0.15, 0.2) is 58.5 Å². The first-order valence-electron chi connectivity index (χ1n) is 8.25. The summed E-state index contributed by atoms with van der Waals surface area (Å²) in [6.45, 7) is 2.05. The average Bonchev–Trinajstić information content (AvgIpc) is 2.67. The summed E-state index contributed by atoms with van der Waals surface area (Å²) in [5, 5.41) is 0. The molecule has 2 heterocycles. The van der Waals surface area contributed by atoms with Crippen molar-refractivity contribution >= 4 is 28.5 Å². The second-order valence-electron chi connectivity index (χ2n) is 5.45. The summed E-state index contributed by atoms with van der Waals surface area (Å²) in [6.07, 6.45) is 1.79. The molecule has 0 radical (unpaired) electrons. The highest BCUT2D eigenvalue weighted by Crippen LogP contribution is 2.32. The maximum atomic E-state index is 5.75. The van der Waals surface area contributed by atoms with Crippen LogP contribution in [-0.4, -0.2) is 43.5 Å². The van der Waals surface area contributed by atoms with Crippen molar-refractivity contribution in [3.63, 3.8) is 0 Å². The second-order valence-corrected chi connectivity index (χ2v) is 6.57. The molecular weight excluding hydrogens is 350 g/mol. The molecule has 2 aromatic heterocycles. The molecule has 1 aromatic carbocycles. The summed E-state index contributed by atoms with van der Waals surface area (Å²) < 4.78 is 16.0. The molecule has 0 aliphatic rings. The Morgan fingerprint density at radius 2 is 1.77 bits per heavy atom. The van der Waals surface area contributed by atoms with E-state index in [1.165, 1.54) is 0 Å². The first kappa shape index (κ1) is 18.4. The van der Waals surface area contributed by atoms with E-state index in [0.717, 1.165) is 26.5 Å². The largest absolute Gasteiger partial charge is 0.475 e. The minimum Gasteiger partial charge on any atom is -0.475 e. The molecule has 3 aromatic rings. The SMILES string of the molecule is COCCOCCOc1ccc2nccc(Sc3ccc(N)cc3)c2n1. The lowest BCUT2D eigenvalue weighted by atomic mass is 10.3. The van der Waals surface area contributed by atoms with Gasteiger partial charge in [-0.15, -0.1) is 0 Å². The van der Waals surface area contributed by atoms with Gasteiger partial charge in [0.05, 0.1) is 25.3 Å². The number of benzene rings is 1. The van der Waals surface area contributed by atoms with E-state index in [4.69, 9.17) is 19.9 Å². The summed E-state index contributed by atoms with van der Waals surface area (Å²) in [5.74, 6) is 0.556. The van der Waals surface area contributed by atoms with Crippen molar-refractivity contribution in [2.45, 2.75) is 9.79 Å². The van der Waals surface area contributed by atoms with Gasteiger partial charge < -0.3 is 19.9 Å². The summed E-state index contributed by atoms with van der Waals surface area (Å²) >= 11 is 1.62. The maximum absolute atomic E-state index is 5.75. The van der Waals surface area contributed by atoms with Crippen LogP contribution in [0.5, 0.6) is 5.88 Å². The predicted octanol–water partition coefficient (Wildman–Crippen LogP) is 3.41. The molecule has 0 saturated heterocycles. The van der Waals surface area contributed by atoms with Gasteiger partial charge in [-0.1, -0.05) is 11.8 Å². The van der Waals surface area contributed by atoms with Crippen LogP contribution in [0.4, 0.5) is 5.69 Å². The number of anilines is 1. The van der Waals surface area contributed by atoms with Gasteiger partial charge in [-0.05, 0) is 36.4 Å². The van der Waals surface area contributed by atoms with E-state index >= 15 is 0 Å². The van der Waals surface area contributed by atoms with Gasteiger partial charge in [-0.3, -0.25) is 4.98 Å². The Balaban J connectivity index is 1.70. The minimum atomic E-state index is 0.433. The maximum Gasteiger partial charge on any atom is 0.214 e. The number of methoxy groups -OCH3 is 1. The monoisotopic (exact) mass is 371 g/mol. The van der Waals surface area contributed by atoms with Crippen molar-refractivity contribution in [2.24, 2.45) is 0 Å². The number of nitrogens with two attached hydrogens (primary N) is 1. The van der Waals surface area contributed by atoms with Crippen LogP contribution in [0, 0.1) is 0 Å². The number of pyridine rings is 2. The number of fused-ring (bicyclic) bond motifs is 1. The van der Waals surface area contributed by atoms with Gasteiger partial charge >= 0.3 is 0 Å². The van der Waals surface area contributed by atoms with Gasteiger partial charge in [0.1, 0.15) is 12.1 Å². The Morgan fingerprint density at radius 3 is 2.58 bits per heavy atom. The third-order valence-corrected chi connectivity index (χ3v) is 4.60. The molecule has 0 aliphatic carbocycles. The molecule has 0 amide bonds. The van der Waals surface area contributed by atoms with Gasteiger partial charge in [-0.2, -0.15) is 0 Å². The third kappa shape index (κ3) is 5.08. The molecule has 0 fully saturated rings. The quantitative estimate of drug-likeness (QED) is 0.456. The van der Waals surface area contributed by atoms with Crippen LogP contribution in [0.2, 0.25) is 0 Å². The molecule has 3 rings (SSSR count). The molecule has 0 unspecified atom stereocenters. The van der Waals surface area contributed by atoms with E-state index in [1.54, 1.807) is 25.1 Å². The second kappa shape index (κ2) is 9.38. The molecule has 0 atom stereocenters. The molecule has 0 spiro atoms. The molecule has 2 N–H and O–H groups in total. The number of rotatable bonds is 9. The third-order valence-electron chi connectivity index (χ3n) is 3.54. The number of nitrogen functional groups attached to an aromatic ring is 1. The van der Waals surface area contributed by atoms with Crippen LogP contribution in [0.3, 0.4) is 0 Å². The van der Waals surface area contributed by atoms with Gasteiger partial charge in [0.15, 0.2) is 0 Å². The van der Waals surface area contributed by atoms with Gasteiger partial charge in [-0.25, -0.2) is 4.98 Å². The van der Waals surface area contributed by atoms with Crippen molar-refractivity contribution in [1.29, 1.82) is 0 Å². The minimum absolute atomic E-state index is 0.433. The van der Waals surface area contributed by atoms with Crippen molar-refractivity contribution in [3.05, 3.63) is 48.7 Å². The predicted molar refractivity (Wildman–Crippen MR) is 103 cm³/mol. The fourth-order valence-corrected chi connectivity index (χ4v) is 3.16. The van der Waals surface area contributed by atoms with E-state index in [0.29, 0.717) is 32.3 Å². The number of nitrogens with zero attached hydrogens (tertiary/aromatic N) is 2. The summed E-state index contributed by atoms with van der Waals surface area (Å²) in [5.41, 5.74) is 8.14. The van der Waals surface area contributed by atoms with Crippen LogP contribution < -0.4 is 10.5 Å². The van der Waals surface area contributed by atoms with E-state index in [1.807, 2.05) is 42.5 Å². The summed E-state index contributed by atoms with van der Waals surface area (Å²) in [4.78, 5) is 11.1. The highest BCUT2D eigenvalue weighted by Gasteiger charge is 2.08. The average molecular weight is 371 g/mol. The topological polar surface area (TPSA) is 79.5 Å². The normalized spacial score (nSPS) is 11.0. The van der Waals surface area contributed by atoms with E-state index in [9.17, 15) is 0 Å². The molecule has 0 aliphatic heterocycles. The Hall–Kier alpha value is -2.35. The van der Waals surface area contributed by atoms with E-state index in [-0.39, 0.29) is 0 Å². The zero-order valence-corrected chi connectivity index (χ0v) is 15.4. The molecule has 0 saturated carbocycles. The van der Waals surface area contributed by atoms with Crippen LogP contribution >= 0.6 is 11.8 Å². The Morgan fingerprint density at radius 1 is 0.962 bits per heavy atom. The zero-order valence-electron chi connectivity index (χ0n) is 14.6. The fourth-order valence-electron chi connectivity index (χ4n) is 2.26. The van der Waals surface area contributed by atoms with Gasteiger partial charge in [0.25, 0.3) is 0 Å². The lowest BCUT2D eigenvalue weighted by molar-refractivity contribution is 0.0537. The standard InChI is InChI=1S/C19H21N3O3S/c1-23-10-11-24-12-13-25-18-7-6-16-19(22-18)17(8-9-21-16)26-15-4-2-14(20)3-5-15/h2-9H,10-13,20H2,1H3. The van der Waals surface area contributed by atoms with Crippen molar-refractivity contribution in [2.75, 3.05) is 39.3 Å². The van der Waals surface area contributed by atoms with Crippen molar-refractivity contribution in [1.82, 2.24) is 9.97 Å². The van der Waals surface area contributed by atoms with E-state index in [2.05, 4.69) is 9.97 Å². The lowest BCUT2D eigenvalue weighted by Crippen LogP contribution is -2.10. The molecule has 136 valence electrons. The van der Waals surface area contributed by atoms with Crippen molar-refractivity contribution < 1.29 is 14.2 Å². The number of aromatic nitrogens is 2. The fraction of sp³-hybridized carbons (Fsp3) is 0.263. The Kier molecular flexibility index (Phi) is 6.65. The molecule has 6 nitrogen and oxygen atoms in total. The molecule has 0 bridgehead atoms. The zero-order chi connectivity index (χ0) is 18.2. The van der Waals surface area contributed by atoms with Gasteiger partial charge in [0, 0.05) is 34.9 Å². The molecule has 26 heavy (non-hydrogen) atoms.